The van der Waals surface area contributed by atoms with Gasteiger partial charge in [-0.3, -0.25) is 0 Å². The molecule has 28 heavy (non-hydrogen) atoms. The minimum absolute atomic E-state index is 0.347. The molecular formula is C24H41N3O. The van der Waals surface area contributed by atoms with Gasteiger partial charge in [0.1, 0.15) is 5.75 Å². The van der Waals surface area contributed by atoms with E-state index in [1.165, 1.54) is 50.5 Å². The van der Waals surface area contributed by atoms with Gasteiger partial charge in [0.15, 0.2) is 0 Å². The Kier molecular flexibility index (Phi) is 8.63. The van der Waals surface area contributed by atoms with Crippen LogP contribution in [0.4, 0.5) is 0 Å². The van der Waals surface area contributed by atoms with Crippen LogP contribution in [0, 0.1) is 17.8 Å². The van der Waals surface area contributed by atoms with Gasteiger partial charge < -0.3 is 21.1 Å². The lowest BCUT2D eigenvalue weighted by Crippen LogP contribution is -2.47. The van der Waals surface area contributed by atoms with E-state index in [0.29, 0.717) is 17.8 Å². The summed E-state index contributed by atoms with van der Waals surface area (Å²) in [6.45, 7) is 5.39. The number of benzene rings is 1. The molecule has 0 spiro atoms. The molecule has 0 aromatic heterocycles. The summed E-state index contributed by atoms with van der Waals surface area (Å²) in [4.78, 5) is 0. The van der Waals surface area contributed by atoms with E-state index in [4.69, 9.17) is 0 Å². The number of likely N-dealkylation sites (N-methyl/N-ethyl adjacent to an activating group) is 1. The molecule has 158 valence electrons. The standard InChI is InChI=1S/C24H41N3O/c1-3-4-22(16-25-2)27-17-23(15-18-6-9-24(28)10-7-18)26-12-11-21-14-19-5-8-20(21)13-19/h6-7,9-10,19-23,25-28H,3-5,8,11-17H2,1-2H3/t19?,20?,21?,22-,23+/m1/s1. The number of fused-ring (bicyclic) bond motifs is 2. The number of hydrogen-bond acceptors (Lipinski definition) is 4. The van der Waals surface area contributed by atoms with Crippen LogP contribution >= 0.6 is 0 Å². The molecule has 1 aromatic carbocycles. The SMILES string of the molecule is CCC[C@H](CNC)NC[C@H](Cc1ccc(O)cc1)NCCC1CC2CCC1C2. The highest BCUT2D eigenvalue weighted by molar-refractivity contribution is 5.26. The first-order valence-corrected chi connectivity index (χ1v) is 11.6. The number of nitrogens with one attached hydrogen (secondary N) is 3. The third-order valence-electron chi connectivity index (χ3n) is 6.99. The van der Waals surface area contributed by atoms with Crippen LogP contribution in [0.25, 0.3) is 0 Å². The van der Waals surface area contributed by atoms with E-state index in [0.717, 1.165) is 43.8 Å². The van der Waals surface area contributed by atoms with Gasteiger partial charge in [-0.2, -0.15) is 0 Å². The lowest BCUT2D eigenvalue weighted by atomic mass is 9.86. The van der Waals surface area contributed by atoms with E-state index >= 15 is 0 Å². The van der Waals surface area contributed by atoms with Crippen molar-refractivity contribution in [3.8, 4) is 5.75 Å². The first-order chi connectivity index (χ1) is 13.7. The molecule has 1 aromatic rings. The predicted octanol–water partition coefficient (Wildman–Crippen LogP) is 3.70. The van der Waals surface area contributed by atoms with Crippen molar-refractivity contribution >= 4 is 0 Å². The van der Waals surface area contributed by atoms with Crippen molar-refractivity contribution in [1.82, 2.24) is 16.0 Å². The average molecular weight is 388 g/mol. The highest BCUT2D eigenvalue weighted by Crippen LogP contribution is 2.49. The van der Waals surface area contributed by atoms with Gasteiger partial charge >= 0.3 is 0 Å². The van der Waals surface area contributed by atoms with Crippen LogP contribution in [0.5, 0.6) is 5.75 Å². The van der Waals surface area contributed by atoms with Crippen molar-refractivity contribution < 1.29 is 5.11 Å². The Morgan fingerprint density at radius 1 is 1.04 bits per heavy atom. The molecule has 0 saturated heterocycles. The quantitative estimate of drug-likeness (QED) is 0.417. The van der Waals surface area contributed by atoms with Gasteiger partial charge in [0.25, 0.3) is 0 Å². The van der Waals surface area contributed by atoms with Crippen LogP contribution in [0.15, 0.2) is 24.3 Å². The number of rotatable bonds is 13. The van der Waals surface area contributed by atoms with Crippen LogP contribution in [-0.2, 0) is 6.42 Å². The fourth-order valence-electron chi connectivity index (χ4n) is 5.52. The van der Waals surface area contributed by atoms with Crippen molar-refractivity contribution in [3.05, 3.63) is 29.8 Å². The summed E-state index contributed by atoms with van der Waals surface area (Å²) in [7, 11) is 2.03. The summed E-state index contributed by atoms with van der Waals surface area (Å²) in [5.41, 5.74) is 1.29. The molecule has 0 heterocycles. The third-order valence-corrected chi connectivity index (χ3v) is 6.99. The molecule has 5 atom stereocenters. The maximum Gasteiger partial charge on any atom is 0.115 e. The maximum absolute atomic E-state index is 9.56. The molecule has 0 aliphatic heterocycles. The molecule has 2 aliphatic rings. The monoisotopic (exact) mass is 387 g/mol. The molecular weight excluding hydrogens is 346 g/mol. The number of hydrogen-bond donors (Lipinski definition) is 4. The third kappa shape index (κ3) is 6.47. The van der Waals surface area contributed by atoms with Crippen molar-refractivity contribution in [2.24, 2.45) is 17.8 Å². The zero-order valence-corrected chi connectivity index (χ0v) is 17.9. The molecule has 3 rings (SSSR count). The minimum Gasteiger partial charge on any atom is -0.508 e. The zero-order valence-electron chi connectivity index (χ0n) is 17.9. The van der Waals surface area contributed by atoms with Crippen LogP contribution in [0.1, 0.15) is 57.4 Å². The number of phenols is 1. The smallest absolute Gasteiger partial charge is 0.115 e. The summed E-state index contributed by atoms with van der Waals surface area (Å²) >= 11 is 0. The first-order valence-electron chi connectivity index (χ1n) is 11.6. The van der Waals surface area contributed by atoms with Crippen LogP contribution in [0.3, 0.4) is 0 Å². The number of aromatic hydroxyl groups is 1. The van der Waals surface area contributed by atoms with Crippen LogP contribution < -0.4 is 16.0 Å². The molecule has 2 aliphatic carbocycles. The van der Waals surface area contributed by atoms with E-state index in [2.05, 4.69) is 35.0 Å². The molecule has 4 nitrogen and oxygen atoms in total. The number of phenolic OH excluding ortho intramolecular Hbond substituents is 1. The van der Waals surface area contributed by atoms with Gasteiger partial charge in [0.2, 0.25) is 0 Å². The van der Waals surface area contributed by atoms with Crippen molar-refractivity contribution in [3.63, 3.8) is 0 Å². The van der Waals surface area contributed by atoms with E-state index in [9.17, 15) is 5.11 Å². The van der Waals surface area contributed by atoms with E-state index in [1.54, 1.807) is 12.1 Å². The first kappa shape index (κ1) is 21.6. The highest BCUT2D eigenvalue weighted by atomic mass is 16.3. The second kappa shape index (κ2) is 11.2. The van der Waals surface area contributed by atoms with Crippen molar-refractivity contribution in [2.45, 2.75) is 70.4 Å². The Labute approximate surface area is 171 Å². The Balaban J connectivity index is 1.49. The average Bonchev–Trinajstić information content (AvgIpc) is 3.31. The molecule has 0 amide bonds. The minimum atomic E-state index is 0.347. The Bertz CT molecular complexity index is 555. The van der Waals surface area contributed by atoms with Crippen molar-refractivity contribution in [2.75, 3.05) is 26.7 Å². The van der Waals surface area contributed by atoms with Gasteiger partial charge in [0.05, 0.1) is 0 Å². The predicted molar refractivity (Wildman–Crippen MR) is 118 cm³/mol. The van der Waals surface area contributed by atoms with Crippen LogP contribution in [0.2, 0.25) is 0 Å². The fraction of sp³-hybridized carbons (Fsp3) is 0.750. The largest absolute Gasteiger partial charge is 0.508 e. The summed E-state index contributed by atoms with van der Waals surface area (Å²) in [5.74, 6) is 3.37. The molecule has 2 bridgehead atoms. The van der Waals surface area contributed by atoms with E-state index in [1.807, 2.05) is 7.05 Å². The molecule has 4 N–H and O–H groups in total. The summed E-state index contributed by atoms with van der Waals surface area (Å²) < 4.78 is 0. The zero-order chi connectivity index (χ0) is 19.8. The van der Waals surface area contributed by atoms with Crippen molar-refractivity contribution in [1.29, 1.82) is 0 Å². The Hall–Kier alpha value is -1.10. The Morgan fingerprint density at radius 2 is 1.86 bits per heavy atom. The van der Waals surface area contributed by atoms with Gasteiger partial charge in [-0.25, -0.2) is 0 Å². The van der Waals surface area contributed by atoms with Gasteiger partial charge in [0, 0.05) is 25.2 Å². The summed E-state index contributed by atoms with van der Waals surface area (Å²) in [5, 5.41) is 20.5. The normalized spacial score (nSPS) is 25.9. The maximum atomic E-state index is 9.56. The van der Waals surface area contributed by atoms with Gasteiger partial charge in [-0.15, -0.1) is 0 Å². The van der Waals surface area contributed by atoms with Gasteiger partial charge in [-0.1, -0.05) is 31.9 Å². The molecule has 2 saturated carbocycles. The molecule has 0 radical (unpaired) electrons. The highest BCUT2D eigenvalue weighted by Gasteiger charge is 2.38. The fourth-order valence-corrected chi connectivity index (χ4v) is 5.52. The summed E-state index contributed by atoms with van der Waals surface area (Å²) in [6, 6.07) is 8.67. The Morgan fingerprint density at radius 3 is 2.50 bits per heavy atom. The topological polar surface area (TPSA) is 56.3 Å². The lowest BCUT2D eigenvalue weighted by Gasteiger charge is -2.26. The van der Waals surface area contributed by atoms with E-state index < -0.39 is 0 Å². The molecule has 3 unspecified atom stereocenters. The molecule has 2 fully saturated rings. The molecule has 4 heteroatoms. The van der Waals surface area contributed by atoms with Gasteiger partial charge in [-0.05, 0) is 87.6 Å². The summed E-state index contributed by atoms with van der Waals surface area (Å²) in [6.07, 6.45) is 10.7. The second-order valence-electron chi connectivity index (χ2n) is 9.20. The van der Waals surface area contributed by atoms with E-state index in [-0.39, 0.29) is 0 Å². The lowest BCUT2D eigenvalue weighted by molar-refractivity contribution is 0.302. The van der Waals surface area contributed by atoms with Crippen LogP contribution in [-0.4, -0.2) is 43.9 Å². The second-order valence-corrected chi connectivity index (χ2v) is 9.20.